The molecule has 1 fully saturated rings. The van der Waals surface area contributed by atoms with Gasteiger partial charge in [-0.1, -0.05) is 0 Å². The van der Waals surface area contributed by atoms with E-state index in [0.29, 0.717) is 0 Å². The molecule has 1 aliphatic rings. The highest BCUT2D eigenvalue weighted by atomic mass is 16.2. The van der Waals surface area contributed by atoms with E-state index in [9.17, 15) is 4.79 Å². The molecule has 2 amide bonds. The summed E-state index contributed by atoms with van der Waals surface area (Å²) >= 11 is 0. The topological polar surface area (TPSA) is 49.6 Å². The highest BCUT2D eigenvalue weighted by Crippen LogP contribution is 2.09. The average molecular weight is 199 g/mol. The number of hydrogen-bond donors (Lipinski definition) is 1. The molecule has 82 valence electrons. The molecule has 0 bridgehead atoms. The van der Waals surface area contributed by atoms with Gasteiger partial charge in [-0.05, 0) is 26.2 Å². The quantitative estimate of drug-likeness (QED) is 0.733. The largest absolute Gasteiger partial charge is 0.328 e. The standard InChI is InChI=1S/C10H21N3O/c1-9(11)5-8-12(2)10(14)13-6-3-4-7-13/h9H,3-8,11H2,1-2H3. The van der Waals surface area contributed by atoms with Gasteiger partial charge in [0, 0.05) is 32.7 Å². The number of amides is 2. The highest BCUT2D eigenvalue weighted by molar-refractivity contribution is 5.74. The Morgan fingerprint density at radius 2 is 2.07 bits per heavy atom. The molecule has 2 N–H and O–H groups in total. The number of nitrogens with zero attached hydrogens (tertiary/aromatic N) is 2. The van der Waals surface area contributed by atoms with Crippen LogP contribution in [0, 0.1) is 0 Å². The molecule has 4 nitrogen and oxygen atoms in total. The van der Waals surface area contributed by atoms with Crippen molar-refractivity contribution in [2.75, 3.05) is 26.7 Å². The van der Waals surface area contributed by atoms with Gasteiger partial charge in [0.25, 0.3) is 0 Å². The first-order valence-electron chi connectivity index (χ1n) is 5.37. The maximum Gasteiger partial charge on any atom is 0.319 e. The lowest BCUT2D eigenvalue weighted by Crippen LogP contribution is -2.40. The number of rotatable bonds is 3. The van der Waals surface area contributed by atoms with Crippen molar-refractivity contribution in [3.05, 3.63) is 0 Å². The van der Waals surface area contributed by atoms with Crippen LogP contribution in [0.3, 0.4) is 0 Å². The fraction of sp³-hybridized carbons (Fsp3) is 0.900. The van der Waals surface area contributed by atoms with E-state index in [4.69, 9.17) is 5.73 Å². The highest BCUT2D eigenvalue weighted by Gasteiger charge is 2.20. The van der Waals surface area contributed by atoms with Crippen molar-refractivity contribution in [1.82, 2.24) is 9.80 Å². The molecular weight excluding hydrogens is 178 g/mol. The number of carbonyl (C=O) groups is 1. The minimum absolute atomic E-state index is 0.156. The summed E-state index contributed by atoms with van der Waals surface area (Å²) in [5, 5.41) is 0. The molecule has 1 saturated heterocycles. The van der Waals surface area contributed by atoms with E-state index < -0.39 is 0 Å². The molecule has 0 saturated carbocycles. The monoisotopic (exact) mass is 199 g/mol. The van der Waals surface area contributed by atoms with Crippen molar-refractivity contribution in [2.45, 2.75) is 32.2 Å². The van der Waals surface area contributed by atoms with Gasteiger partial charge in [0.2, 0.25) is 0 Å². The zero-order valence-electron chi connectivity index (χ0n) is 9.20. The van der Waals surface area contributed by atoms with Crippen LogP contribution in [0.4, 0.5) is 4.79 Å². The number of hydrogen-bond acceptors (Lipinski definition) is 2. The maximum atomic E-state index is 11.8. The fourth-order valence-corrected chi connectivity index (χ4v) is 1.64. The van der Waals surface area contributed by atoms with Gasteiger partial charge < -0.3 is 15.5 Å². The summed E-state index contributed by atoms with van der Waals surface area (Å²) in [7, 11) is 1.85. The van der Waals surface area contributed by atoms with E-state index in [0.717, 1.165) is 38.9 Å². The SMILES string of the molecule is CC(N)CCN(C)C(=O)N1CCCC1. The van der Waals surface area contributed by atoms with E-state index in [1.165, 1.54) is 0 Å². The van der Waals surface area contributed by atoms with Crippen LogP contribution in [0.25, 0.3) is 0 Å². The van der Waals surface area contributed by atoms with Crippen molar-refractivity contribution in [2.24, 2.45) is 5.73 Å². The lowest BCUT2D eigenvalue weighted by atomic mass is 10.2. The van der Waals surface area contributed by atoms with Gasteiger partial charge in [0.1, 0.15) is 0 Å². The molecule has 1 aliphatic heterocycles. The lowest BCUT2D eigenvalue weighted by molar-refractivity contribution is 0.172. The van der Waals surface area contributed by atoms with Gasteiger partial charge >= 0.3 is 6.03 Å². The zero-order valence-corrected chi connectivity index (χ0v) is 9.20. The van der Waals surface area contributed by atoms with E-state index in [-0.39, 0.29) is 12.1 Å². The summed E-state index contributed by atoms with van der Waals surface area (Å²) in [4.78, 5) is 15.5. The van der Waals surface area contributed by atoms with Crippen molar-refractivity contribution in [3.63, 3.8) is 0 Å². The summed E-state index contributed by atoms with van der Waals surface area (Å²) in [6, 6.07) is 0.326. The Labute approximate surface area is 86.0 Å². The van der Waals surface area contributed by atoms with E-state index >= 15 is 0 Å². The van der Waals surface area contributed by atoms with Gasteiger partial charge in [-0.2, -0.15) is 0 Å². The predicted octanol–water partition coefficient (Wildman–Crippen LogP) is 0.871. The summed E-state index contributed by atoms with van der Waals surface area (Å²) in [5.41, 5.74) is 5.64. The first-order valence-corrected chi connectivity index (χ1v) is 5.37. The number of likely N-dealkylation sites (tertiary alicyclic amines) is 1. The van der Waals surface area contributed by atoms with Crippen LogP contribution in [0.2, 0.25) is 0 Å². The number of carbonyl (C=O) groups excluding carboxylic acids is 1. The third kappa shape index (κ3) is 3.18. The summed E-state index contributed by atoms with van der Waals surface area (Å²) in [6.07, 6.45) is 3.16. The summed E-state index contributed by atoms with van der Waals surface area (Å²) < 4.78 is 0. The Balaban J connectivity index is 2.28. The van der Waals surface area contributed by atoms with Crippen molar-refractivity contribution < 1.29 is 4.79 Å². The molecule has 0 spiro atoms. The minimum Gasteiger partial charge on any atom is -0.328 e. The van der Waals surface area contributed by atoms with E-state index in [2.05, 4.69) is 0 Å². The second-order valence-electron chi connectivity index (χ2n) is 4.16. The van der Waals surface area contributed by atoms with Crippen molar-refractivity contribution in [3.8, 4) is 0 Å². The third-order valence-electron chi connectivity index (χ3n) is 2.62. The Hall–Kier alpha value is -0.770. The molecule has 4 heteroatoms. The predicted molar refractivity (Wildman–Crippen MR) is 57.1 cm³/mol. The molecule has 0 aromatic rings. The molecule has 14 heavy (non-hydrogen) atoms. The van der Waals surface area contributed by atoms with E-state index in [1.54, 1.807) is 4.90 Å². The van der Waals surface area contributed by atoms with Crippen molar-refractivity contribution in [1.29, 1.82) is 0 Å². The van der Waals surface area contributed by atoms with Gasteiger partial charge in [-0.3, -0.25) is 0 Å². The molecule has 0 radical (unpaired) electrons. The number of nitrogens with two attached hydrogens (primary N) is 1. The Bertz CT molecular complexity index is 188. The second-order valence-corrected chi connectivity index (χ2v) is 4.16. The zero-order chi connectivity index (χ0) is 10.6. The fourth-order valence-electron chi connectivity index (χ4n) is 1.64. The van der Waals surface area contributed by atoms with Crippen LogP contribution < -0.4 is 5.73 Å². The van der Waals surface area contributed by atoms with Gasteiger partial charge in [-0.25, -0.2) is 4.79 Å². The molecule has 0 aromatic heterocycles. The normalized spacial score (nSPS) is 18.4. The molecule has 1 unspecified atom stereocenters. The summed E-state index contributed by atoms with van der Waals surface area (Å²) in [6.45, 7) is 4.56. The molecule has 0 aromatic carbocycles. The Morgan fingerprint density at radius 3 is 2.57 bits per heavy atom. The molecular formula is C10H21N3O. The van der Waals surface area contributed by atoms with Crippen LogP contribution in [0.5, 0.6) is 0 Å². The summed E-state index contributed by atoms with van der Waals surface area (Å²) in [5.74, 6) is 0. The van der Waals surface area contributed by atoms with Crippen LogP contribution >= 0.6 is 0 Å². The molecule has 1 atom stereocenters. The third-order valence-corrected chi connectivity index (χ3v) is 2.62. The smallest absolute Gasteiger partial charge is 0.319 e. The van der Waals surface area contributed by atoms with Crippen LogP contribution in [0.1, 0.15) is 26.2 Å². The molecule has 1 heterocycles. The second kappa shape index (κ2) is 5.20. The van der Waals surface area contributed by atoms with Crippen LogP contribution in [-0.4, -0.2) is 48.6 Å². The molecule has 0 aliphatic carbocycles. The first kappa shape index (κ1) is 11.3. The maximum absolute atomic E-state index is 11.8. The van der Waals surface area contributed by atoms with Gasteiger partial charge in [0.05, 0.1) is 0 Å². The Morgan fingerprint density at radius 1 is 1.50 bits per heavy atom. The van der Waals surface area contributed by atoms with Crippen LogP contribution in [0.15, 0.2) is 0 Å². The van der Waals surface area contributed by atoms with Crippen LogP contribution in [-0.2, 0) is 0 Å². The van der Waals surface area contributed by atoms with E-state index in [1.807, 2.05) is 18.9 Å². The van der Waals surface area contributed by atoms with Gasteiger partial charge in [0.15, 0.2) is 0 Å². The number of urea groups is 1. The Kier molecular flexibility index (Phi) is 4.20. The average Bonchev–Trinajstić information content (AvgIpc) is 2.65. The first-order chi connectivity index (χ1) is 6.61. The minimum atomic E-state index is 0.156. The lowest BCUT2D eigenvalue weighted by Gasteiger charge is -2.24. The van der Waals surface area contributed by atoms with Crippen molar-refractivity contribution >= 4 is 6.03 Å². The molecule has 1 rings (SSSR count). The van der Waals surface area contributed by atoms with Gasteiger partial charge in [-0.15, -0.1) is 0 Å².